The molecule has 1 atom stereocenters. The number of hydrogen-bond donors (Lipinski definition) is 2. The molecule has 3 N–H and O–H groups in total. The summed E-state index contributed by atoms with van der Waals surface area (Å²) in [6, 6.07) is -0.593. The Morgan fingerprint density at radius 1 is 1.44 bits per heavy atom. The predicted molar refractivity (Wildman–Crippen MR) is 71.5 cm³/mol. The normalized spacial score (nSPS) is 11.8. The lowest BCUT2D eigenvalue weighted by Crippen LogP contribution is -2.48. The highest BCUT2D eigenvalue weighted by molar-refractivity contribution is 5.87. The largest absolute Gasteiger partial charge is 0.346 e. The summed E-state index contributed by atoms with van der Waals surface area (Å²) in [6.45, 7) is 6.47. The molecule has 0 aliphatic carbocycles. The molecule has 0 aliphatic heterocycles. The third-order valence-corrected chi connectivity index (χ3v) is 2.56. The fourth-order valence-corrected chi connectivity index (χ4v) is 1.37. The second kappa shape index (κ2) is 8.54. The molecule has 102 valence electrons. The molecule has 2 amide bonds. The SMILES string of the molecule is C#CCN(CCC)C(=O)CNC(=O)[C@@H](N)C(C)C. The number of nitrogens with two attached hydrogens (primary N) is 1. The summed E-state index contributed by atoms with van der Waals surface area (Å²) in [5.74, 6) is 1.98. The smallest absolute Gasteiger partial charge is 0.242 e. The van der Waals surface area contributed by atoms with E-state index < -0.39 is 6.04 Å². The summed E-state index contributed by atoms with van der Waals surface area (Å²) < 4.78 is 0. The third-order valence-electron chi connectivity index (χ3n) is 2.56. The minimum Gasteiger partial charge on any atom is -0.346 e. The Kier molecular flexibility index (Phi) is 7.81. The summed E-state index contributed by atoms with van der Waals surface area (Å²) in [5.41, 5.74) is 5.67. The molecule has 0 saturated heterocycles. The molecule has 0 radical (unpaired) electrons. The maximum absolute atomic E-state index is 11.8. The van der Waals surface area contributed by atoms with Gasteiger partial charge in [-0.3, -0.25) is 9.59 Å². The monoisotopic (exact) mass is 253 g/mol. The first-order valence-electron chi connectivity index (χ1n) is 6.18. The molecule has 5 nitrogen and oxygen atoms in total. The first kappa shape index (κ1) is 16.5. The molecule has 0 bridgehead atoms. The highest BCUT2D eigenvalue weighted by Gasteiger charge is 2.19. The molecule has 0 aromatic rings. The molecule has 0 aromatic carbocycles. The molecule has 18 heavy (non-hydrogen) atoms. The molecule has 0 aliphatic rings. The lowest BCUT2D eigenvalue weighted by atomic mass is 10.1. The molecular formula is C13H23N3O2. The molecule has 5 heteroatoms. The van der Waals surface area contributed by atoms with Gasteiger partial charge in [-0.2, -0.15) is 0 Å². The van der Waals surface area contributed by atoms with Crippen molar-refractivity contribution in [3.8, 4) is 12.3 Å². The zero-order valence-corrected chi connectivity index (χ0v) is 11.4. The average molecular weight is 253 g/mol. The molecular weight excluding hydrogens is 230 g/mol. The van der Waals surface area contributed by atoms with Crippen LogP contribution in [0.2, 0.25) is 0 Å². The quantitative estimate of drug-likeness (QED) is 0.625. The van der Waals surface area contributed by atoms with Crippen LogP contribution in [0.25, 0.3) is 0 Å². The second-order valence-corrected chi connectivity index (χ2v) is 4.51. The van der Waals surface area contributed by atoms with Crippen LogP contribution in [0.15, 0.2) is 0 Å². The van der Waals surface area contributed by atoms with Crippen LogP contribution in [0.4, 0.5) is 0 Å². The van der Waals surface area contributed by atoms with E-state index in [0.717, 1.165) is 6.42 Å². The van der Waals surface area contributed by atoms with E-state index in [2.05, 4.69) is 11.2 Å². The Morgan fingerprint density at radius 2 is 2.06 bits per heavy atom. The molecule has 0 aromatic heterocycles. The van der Waals surface area contributed by atoms with Gasteiger partial charge in [0.15, 0.2) is 0 Å². The summed E-state index contributed by atoms with van der Waals surface area (Å²) in [7, 11) is 0. The summed E-state index contributed by atoms with van der Waals surface area (Å²) in [4.78, 5) is 24.9. The van der Waals surface area contributed by atoms with E-state index in [1.165, 1.54) is 0 Å². The number of carbonyl (C=O) groups excluding carboxylic acids is 2. The fraction of sp³-hybridized carbons (Fsp3) is 0.692. The van der Waals surface area contributed by atoms with Crippen molar-refractivity contribution in [2.75, 3.05) is 19.6 Å². The first-order chi connectivity index (χ1) is 8.43. The number of terminal acetylenes is 1. The van der Waals surface area contributed by atoms with Crippen molar-refractivity contribution in [2.45, 2.75) is 33.2 Å². The van der Waals surface area contributed by atoms with Crippen molar-refractivity contribution in [3.63, 3.8) is 0 Å². The van der Waals surface area contributed by atoms with Gasteiger partial charge < -0.3 is 16.0 Å². The summed E-state index contributed by atoms with van der Waals surface area (Å²) in [5, 5.41) is 2.54. The Balaban J connectivity index is 4.23. The molecule has 0 heterocycles. The maximum Gasteiger partial charge on any atom is 0.242 e. The van der Waals surface area contributed by atoms with E-state index in [0.29, 0.717) is 6.54 Å². The van der Waals surface area contributed by atoms with Gasteiger partial charge in [-0.15, -0.1) is 6.42 Å². The zero-order valence-electron chi connectivity index (χ0n) is 11.4. The lowest BCUT2D eigenvalue weighted by molar-refractivity contribution is -0.133. The second-order valence-electron chi connectivity index (χ2n) is 4.51. The van der Waals surface area contributed by atoms with Crippen LogP contribution in [0.5, 0.6) is 0 Å². The van der Waals surface area contributed by atoms with Crippen LogP contribution in [0.3, 0.4) is 0 Å². The van der Waals surface area contributed by atoms with Gasteiger partial charge in [-0.05, 0) is 12.3 Å². The van der Waals surface area contributed by atoms with Gasteiger partial charge in [0.25, 0.3) is 0 Å². The molecule has 0 saturated carbocycles. The van der Waals surface area contributed by atoms with Crippen LogP contribution in [0, 0.1) is 18.3 Å². The minimum absolute atomic E-state index is 0.0394. The standard InChI is InChI=1S/C13H23N3O2/c1-5-7-16(8-6-2)11(17)9-15-13(18)12(14)10(3)4/h1,10,12H,6-9,14H2,2-4H3,(H,15,18)/t12-/m0/s1. The van der Waals surface area contributed by atoms with E-state index >= 15 is 0 Å². The highest BCUT2D eigenvalue weighted by Crippen LogP contribution is 1.98. The number of hydrogen-bond acceptors (Lipinski definition) is 3. The number of nitrogens with one attached hydrogen (secondary N) is 1. The van der Waals surface area contributed by atoms with Crippen molar-refractivity contribution in [1.29, 1.82) is 0 Å². The van der Waals surface area contributed by atoms with Crippen molar-refractivity contribution >= 4 is 11.8 Å². The Hall–Kier alpha value is -1.54. The van der Waals surface area contributed by atoms with Gasteiger partial charge in [0, 0.05) is 6.54 Å². The van der Waals surface area contributed by atoms with Gasteiger partial charge in [-0.1, -0.05) is 26.7 Å². The number of carbonyl (C=O) groups is 2. The molecule has 0 spiro atoms. The van der Waals surface area contributed by atoms with Gasteiger partial charge >= 0.3 is 0 Å². The average Bonchev–Trinajstić information content (AvgIpc) is 2.34. The first-order valence-corrected chi connectivity index (χ1v) is 6.18. The summed E-state index contributed by atoms with van der Waals surface area (Å²) >= 11 is 0. The van der Waals surface area contributed by atoms with Crippen molar-refractivity contribution in [2.24, 2.45) is 11.7 Å². The number of amides is 2. The highest BCUT2D eigenvalue weighted by atomic mass is 16.2. The summed E-state index contributed by atoms with van der Waals surface area (Å²) in [6.07, 6.45) is 6.02. The number of rotatable bonds is 7. The van der Waals surface area contributed by atoms with Crippen LogP contribution >= 0.6 is 0 Å². The molecule has 0 fully saturated rings. The van der Waals surface area contributed by atoms with Gasteiger partial charge in [0.1, 0.15) is 0 Å². The van der Waals surface area contributed by atoms with Crippen molar-refractivity contribution in [1.82, 2.24) is 10.2 Å². The van der Waals surface area contributed by atoms with Gasteiger partial charge in [-0.25, -0.2) is 0 Å². The minimum atomic E-state index is -0.593. The van der Waals surface area contributed by atoms with Gasteiger partial charge in [0.2, 0.25) is 11.8 Å². The topological polar surface area (TPSA) is 75.4 Å². The molecule has 0 rings (SSSR count). The third kappa shape index (κ3) is 5.69. The van der Waals surface area contributed by atoms with Crippen LogP contribution in [0.1, 0.15) is 27.2 Å². The van der Waals surface area contributed by atoms with E-state index in [9.17, 15) is 9.59 Å². The van der Waals surface area contributed by atoms with Crippen molar-refractivity contribution < 1.29 is 9.59 Å². The Morgan fingerprint density at radius 3 is 2.50 bits per heavy atom. The van der Waals surface area contributed by atoms with E-state index in [1.54, 1.807) is 4.90 Å². The van der Waals surface area contributed by atoms with Crippen molar-refractivity contribution in [3.05, 3.63) is 0 Å². The number of nitrogens with zero attached hydrogens (tertiary/aromatic N) is 1. The Bertz CT molecular complexity index is 321. The zero-order chi connectivity index (χ0) is 14.1. The van der Waals surface area contributed by atoms with E-state index in [-0.39, 0.29) is 30.8 Å². The fourth-order valence-electron chi connectivity index (χ4n) is 1.37. The van der Waals surface area contributed by atoms with Crippen LogP contribution in [-0.4, -0.2) is 42.4 Å². The lowest BCUT2D eigenvalue weighted by Gasteiger charge is -2.21. The molecule has 0 unspecified atom stereocenters. The predicted octanol–water partition coefficient (Wildman–Crippen LogP) is -0.0423. The van der Waals surface area contributed by atoms with Crippen LogP contribution < -0.4 is 11.1 Å². The van der Waals surface area contributed by atoms with Crippen LogP contribution in [-0.2, 0) is 9.59 Å². The van der Waals surface area contributed by atoms with E-state index in [4.69, 9.17) is 12.2 Å². The maximum atomic E-state index is 11.8. The Labute approximate surface area is 109 Å². The van der Waals surface area contributed by atoms with E-state index in [1.807, 2.05) is 20.8 Å². The van der Waals surface area contributed by atoms with Gasteiger partial charge in [0.05, 0.1) is 19.1 Å².